The first-order chi connectivity index (χ1) is 9.04. The van der Waals surface area contributed by atoms with Gasteiger partial charge in [-0.05, 0) is 37.8 Å². The van der Waals surface area contributed by atoms with Crippen molar-refractivity contribution in [2.24, 2.45) is 5.14 Å². The van der Waals surface area contributed by atoms with Crippen LogP contribution in [0.1, 0.15) is 25.7 Å². The minimum Gasteiger partial charge on any atom is -0.396 e. The Morgan fingerprint density at radius 1 is 1.32 bits per heavy atom. The number of nitrogens with two attached hydrogens (primary N) is 1. The average Bonchev–Trinajstić information content (AvgIpc) is 2.31. The second-order valence-electron chi connectivity index (χ2n) is 4.87. The minimum absolute atomic E-state index is 0.0980. The van der Waals surface area contributed by atoms with Crippen LogP contribution in [0.5, 0.6) is 0 Å². The van der Waals surface area contributed by atoms with Crippen molar-refractivity contribution in [2.45, 2.75) is 36.6 Å². The molecule has 5 nitrogen and oxygen atoms in total. The molecule has 2 rings (SSSR count). The van der Waals surface area contributed by atoms with Gasteiger partial charge in [0.15, 0.2) is 0 Å². The number of nitrogens with zero attached hydrogens (tertiary/aromatic N) is 1. The summed E-state index contributed by atoms with van der Waals surface area (Å²) in [7, 11) is -3.73. The zero-order valence-corrected chi connectivity index (χ0v) is 11.6. The van der Waals surface area contributed by atoms with Crippen molar-refractivity contribution in [1.29, 1.82) is 0 Å². The first-order valence-corrected chi connectivity index (χ1v) is 8.08. The standard InChI is InChI=1S/C13H20N2O3S/c14-19(17,18)13-8-2-1-7-12(13)15(9-4-10-16)11-5-3-6-11/h1-2,7-8,11,16H,3-6,9-10H2,(H2,14,17,18). The van der Waals surface area contributed by atoms with Gasteiger partial charge in [-0.15, -0.1) is 0 Å². The van der Waals surface area contributed by atoms with Crippen LogP contribution in [0.15, 0.2) is 29.2 Å². The molecule has 0 aromatic heterocycles. The fourth-order valence-electron chi connectivity index (χ4n) is 2.37. The molecule has 1 aromatic rings. The lowest BCUT2D eigenvalue weighted by Crippen LogP contribution is -2.42. The van der Waals surface area contributed by atoms with E-state index >= 15 is 0 Å². The van der Waals surface area contributed by atoms with E-state index in [0.717, 1.165) is 19.3 Å². The number of rotatable bonds is 6. The topological polar surface area (TPSA) is 83.6 Å². The second-order valence-corrected chi connectivity index (χ2v) is 6.40. The summed E-state index contributed by atoms with van der Waals surface area (Å²) in [6.45, 7) is 0.745. The maximum atomic E-state index is 11.7. The summed E-state index contributed by atoms with van der Waals surface area (Å²) in [4.78, 5) is 2.24. The third-order valence-electron chi connectivity index (χ3n) is 3.55. The maximum Gasteiger partial charge on any atom is 0.240 e. The molecule has 0 atom stereocenters. The molecule has 1 aliphatic carbocycles. The quantitative estimate of drug-likeness (QED) is 0.818. The number of para-hydroxylation sites is 1. The molecule has 0 bridgehead atoms. The fourth-order valence-corrected chi connectivity index (χ4v) is 3.12. The van der Waals surface area contributed by atoms with E-state index in [1.807, 2.05) is 6.07 Å². The number of aliphatic hydroxyl groups excluding tert-OH is 1. The SMILES string of the molecule is NS(=O)(=O)c1ccccc1N(CCCO)C1CCC1. The molecule has 0 unspecified atom stereocenters. The number of primary sulfonamides is 1. The van der Waals surface area contributed by atoms with E-state index in [2.05, 4.69) is 4.90 Å². The first-order valence-electron chi connectivity index (χ1n) is 6.53. The fraction of sp³-hybridized carbons (Fsp3) is 0.538. The number of hydrogen-bond donors (Lipinski definition) is 2. The van der Waals surface area contributed by atoms with Crippen LogP contribution in [0, 0.1) is 0 Å². The summed E-state index contributed by atoms with van der Waals surface area (Å²) in [5, 5.41) is 14.3. The molecule has 6 heteroatoms. The Labute approximate surface area is 114 Å². The van der Waals surface area contributed by atoms with Gasteiger partial charge >= 0.3 is 0 Å². The minimum atomic E-state index is -3.73. The molecule has 19 heavy (non-hydrogen) atoms. The zero-order valence-electron chi connectivity index (χ0n) is 10.8. The lowest BCUT2D eigenvalue weighted by atomic mass is 9.91. The largest absolute Gasteiger partial charge is 0.396 e. The molecule has 106 valence electrons. The Kier molecular flexibility index (Phi) is 4.44. The van der Waals surface area contributed by atoms with E-state index in [-0.39, 0.29) is 11.5 Å². The third-order valence-corrected chi connectivity index (χ3v) is 4.51. The van der Waals surface area contributed by atoms with Crippen molar-refractivity contribution in [3.8, 4) is 0 Å². The van der Waals surface area contributed by atoms with Gasteiger partial charge in [-0.2, -0.15) is 0 Å². The molecule has 0 heterocycles. The molecule has 0 spiro atoms. The predicted molar refractivity (Wildman–Crippen MR) is 74.5 cm³/mol. The summed E-state index contributed by atoms with van der Waals surface area (Å²) >= 11 is 0. The number of aliphatic hydroxyl groups is 1. The highest BCUT2D eigenvalue weighted by molar-refractivity contribution is 7.89. The molecule has 1 aliphatic rings. The second kappa shape index (κ2) is 5.90. The van der Waals surface area contributed by atoms with E-state index in [4.69, 9.17) is 10.2 Å². The van der Waals surface area contributed by atoms with Crippen LogP contribution in [0.25, 0.3) is 0 Å². The van der Waals surface area contributed by atoms with E-state index in [1.54, 1.807) is 12.1 Å². The molecule has 1 saturated carbocycles. The molecule has 0 saturated heterocycles. The Morgan fingerprint density at radius 2 is 2.00 bits per heavy atom. The van der Waals surface area contributed by atoms with Crippen LogP contribution in [-0.2, 0) is 10.0 Å². The van der Waals surface area contributed by atoms with Gasteiger partial charge < -0.3 is 10.0 Å². The summed E-state index contributed by atoms with van der Waals surface area (Å²) in [5.41, 5.74) is 0.656. The van der Waals surface area contributed by atoms with Gasteiger partial charge in [-0.3, -0.25) is 0 Å². The lowest BCUT2D eigenvalue weighted by Gasteiger charge is -2.40. The normalized spacial score (nSPS) is 16.1. The van der Waals surface area contributed by atoms with Gasteiger partial charge in [0.1, 0.15) is 4.90 Å². The average molecular weight is 284 g/mol. The Hall–Kier alpha value is -1.11. The van der Waals surface area contributed by atoms with Crippen molar-refractivity contribution in [3.63, 3.8) is 0 Å². The van der Waals surface area contributed by atoms with Crippen molar-refractivity contribution in [1.82, 2.24) is 0 Å². The van der Waals surface area contributed by atoms with Gasteiger partial charge in [0.2, 0.25) is 10.0 Å². The summed E-state index contributed by atoms with van der Waals surface area (Å²) in [6, 6.07) is 7.17. The van der Waals surface area contributed by atoms with Crippen molar-refractivity contribution in [3.05, 3.63) is 24.3 Å². The van der Waals surface area contributed by atoms with Crippen molar-refractivity contribution in [2.75, 3.05) is 18.1 Å². The van der Waals surface area contributed by atoms with Gasteiger partial charge in [0.05, 0.1) is 5.69 Å². The molecule has 0 aliphatic heterocycles. The number of anilines is 1. The highest BCUT2D eigenvalue weighted by Crippen LogP contribution is 2.33. The molecule has 1 aromatic carbocycles. The summed E-state index contributed by atoms with van der Waals surface area (Å²) in [6.07, 6.45) is 3.90. The zero-order chi connectivity index (χ0) is 13.9. The van der Waals surface area contributed by atoms with E-state index in [9.17, 15) is 8.42 Å². The predicted octanol–water partition coefficient (Wildman–Crippen LogP) is 1.08. The molecule has 0 radical (unpaired) electrons. The number of sulfonamides is 1. The lowest BCUT2D eigenvalue weighted by molar-refractivity contribution is 0.282. The van der Waals surface area contributed by atoms with Crippen LogP contribution in [-0.4, -0.2) is 32.7 Å². The van der Waals surface area contributed by atoms with Gasteiger partial charge in [0, 0.05) is 19.2 Å². The number of benzene rings is 1. The molecule has 1 fully saturated rings. The van der Waals surface area contributed by atoms with E-state index < -0.39 is 10.0 Å². The first kappa shape index (κ1) is 14.3. The molecular weight excluding hydrogens is 264 g/mol. The van der Waals surface area contributed by atoms with Gasteiger partial charge in [-0.25, -0.2) is 13.6 Å². The monoisotopic (exact) mass is 284 g/mol. The van der Waals surface area contributed by atoms with Crippen LogP contribution in [0.2, 0.25) is 0 Å². The third kappa shape index (κ3) is 3.26. The van der Waals surface area contributed by atoms with Crippen LogP contribution < -0.4 is 10.0 Å². The van der Waals surface area contributed by atoms with Gasteiger partial charge in [0.25, 0.3) is 0 Å². The smallest absolute Gasteiger partial charge is 0.240 e. The van der Waals surface area contributed by atoms with E-state index in [1.165, 1.54) is 6.07 Å². The Bertz CT molecular complexity index is 526. The summed E-state index contributed by atoms with van der Waals surface area (Å²) < 4.78 is 23.3. The van der Waals surface area contributed by atoms with Crippen molar-refractivity contribution >= 4 is 15.7 Å². The Morgan fingerprint density at radius 3 is 2.53 bits per heavy atom. The summed E-state index contributed by atoms with van der Waals surface area (Å²) in [5.74, 6) is 0. The van der Waals surface area contributed by atoms with Crippen LogP contribution >= 0.6 is 0 Å². The maximum absolute atomic E-state index is 11.7. The van der Waals surface area contributed by atoms with Crippen molar-refractivity contribution < 1.29 is 13.5 Å². The van der Waals surface area contributed by atoms with Crippen LogP contribution in [0.3, 0.4) is 0 Å². The highest BCUT2D eigenvalue weighted by atomic mass is 32.2. The number of hydrogen-bond acceptors (Lipinski definition) is 4. The molecule has 0 amide bonds. The molecule has 3 N–H and O–H groups in total. The van der Waals surface area contributed by atoms with Crippen LogP contribution in [0.4, 0.5) is 5.69 Å². The van der Waals surface area contributed by atoms with E-state index in [0.29, 0.717) is 24.7 Å². The highest BCUT2D eigenvalue weighted by Gasteiger charge is 2.28. The van der Waals surface area contributed by atoms with Gasteiger partial charge in [-0.1, -0.05) is 12.1 Å². The Balaban J connectivity index is 2.35. The molecular formula is C13H20N2O3S.